The molecule has 0 fully saturated rings. The van der Waals surface area contributed by atoms with Gasteiger partial charge >= 0.3 is 12.3 Å². The fourth-order valence-electron chi connectivity index (χ4n) is 0.271. The highest BCUT2D eigenvalue weighted by atomic mass is 19.4. The molecule has 0 atom stereocenters. The van der Waals surface area contributed by atoms with Crippen molar-refractivity contribution >= 4 is 6.16 Å². The average molecular weight is 171 g/mol. The maximum Gasteiger partial charge on any atom is 0.508 e. The minimum absolute atomic E-state index is 0.929. The quantitative estimate of drug-likeness (QED) is 0.595. The third-order valence-electron chi connectivity index (χ3n) is 0.568. The summed E-state index contributed by atoms with van der Waals surface area (Å²) in [4.78, 5) is 10.1. The van der Waals surface area contributed by atoms with Crippen molar-refractivity contribution < 1.29 is 27.4 Å². The summed E-state index contributed by atoms with van der Waals surface area (Å²) in [6.45, 7) is 0.646. The summed E-state index contributed by atoms with van der Waals surface area (Å²) in [5.41, 5.74) is 0. The predicted octanol–water partition coefficient (Wildman–Crippen LogP) is 1.88. The largest absolute Gasteiger partial charge is 0.508 e. The van der Waals surface area contributed by atoms with E-state index in [1.807, 2.05) is 0 Å². The van der Waals surface area contributed by atoms with Crippen LogP contribution in [-0.2, 0) is 9.47 Å². The molecule has 0 aliphatic carbocycles. The van der Waals surface area contributed by atoms with Gasteiger partial charge in [-0.25, -0.2) is 4.79 Å². The molecule has 0 saturated carbocycles. The molecule has 11 heavy (non-hydrogen) atoms. The van der Waals surface area contributed by atoms with Crippen LogP contribution in [0.5, 0.6) is 0 Å². The molecule has 0 saturated heterocycles. The van der Waals surface area contributed by atoms with Crippen LogP contribution < -0.4 is 0 Å². The molecular formula is C5H6F3O3. The molecule has 0 amide bonds. The van der Waals surface area contributed by atoms with Gasteiger partial charge in [0.25, 0.3) is 0 Å². The topological polar surface area (TPSA) is 35.5 Å². The number of carbonyl (C=O) groups is 1. The summed E-state index contributed by atoms with van der Waals surface area (Å²) in [7, 11) is 0. The molecule has 0 bridgehead atoms. The minimum Gasteiger partial charge on any atom is -0.427 e. The van der Waals surface area contributed by atoms with Gasteiger partial charge in [0, 0.05) is 0 Å². The number of rotatable bonds is 2. The Labute approximate surface area is 61.1 Å². The zero-order valence-corrected chi connectivity index (χ0v) is 5.64. The Balaban J connectivity index is 3.46. The smallest absolute Gasteiger partial charge is 0.427 e. The first-order valence-electron chi connectivity index (χ1n) is 2.63. The summed E-state index contributed by atoms with van der Waals surface area (Å²) in [5, 5.41) is 0. The highest BCUT2D eigenvalue weighted by molar-refractivity contribution is 5.60. The highest BCUT2D eigenvalue weighted by Gasteiger charge is 2.29. The first-order valence-corrected chi connectivity index (χ1v) is 2.63. The molecule has 0 aliphatic heterocycles. The van der Waals surface area contributed by atoms with Crippen molar-refractivity contribution in [2.75, 3.05) is 6.61 Å². The van der Waals surface area contributed by atoms with E-state index in [2.05, 4.69) is 9.47 Å². The van der Waals surface area contributed by atoms with E-state index in [0.717, 1.165) is 6.61 Å². The van der Waals surface area contributed by atoms with Crippen molar-refractivity contribution in [3.8, 4) is 0 Å². The third-order valence-corrected chi connectivity index (χ3v) is 0.568. The summed E-state index contributed by atoms with van der Waals surface area (Å²) in [6.07, 6.45) is -5.86. The van der Waals surface area contributed by atoms with E-state index in [0.29, 0.717) is 0 Å². The molecule has 0 N–H and O–H groups in total. The number of ether oxygens (including phenoxy) is 2. The maximum atomic E-state index is 11.3. The Morgan fingerprint density at radius 2 is 2.09 bits per heavy atom. The maximum absolute atomic E-state index is 11.3. The Bertz CT molecular complexity index is 131. The SMILES string of the molecule is C[CH]OC(=O)OCC(F)(F)F. The van der Waals surface area contributed by atoms with Gasteiger partial charge in [0.2, 0.25) is 0 Å². The van der Waals surface area contributed by atoms with Crippen molar-refractivity contribution in [2.24, 2.45) is 0 Å². The van der Waals surface area contributed by atoms with Crippen molar-refractivity contribution in [1.82, 2.24) is 0 Å². The molecule has 0 aromatic carbocycles. The molecule has 6 heteroatoms. The molecule has 0 unspecified atom stereocenters. The van der Waals surface area contributed by atoms with Gasteiger partial charge < -0.3 is 9.47 Å². The summed E-state index contributed by atoms with van der Waals surface area (Å²) in [6, 6.07) is 0. The lowest BCUT2D eigenvalue weighted by Gasteiger charge is -2.06. The Morgan fingerprint density at radius 1 is 1.55 bits per heavy atom. The van der Waals surface area contributed by atoms with E-state index < -0.39 is 18.9 Å². The molecule has 65 valence electrons. The van der Waals surface area contributed by atoms with Gasteiger partial charge in [-0.1, -0.05) is 0 Å². The van der Waals surface area contributed by atoms with Crippen molar-refractivity contribution in [2.45, 2.75) is 13.1 Å². The van der Waals surface area contributed by atoms with Gasteiger partial charge in [0.15, 0.2) is 6.61 Å². The molecular weight excluding hydrogens is 165 g/mol. The van der Waals surface area contributed by atoms with Crippen molar-refractivity contribution in [1.29, 1.82) is 0 Å². The van der Waals surface area contributed by atoms with Crippen molar-refractivity contribution in [3.63, 3.8) is 0 Å². The molecule has 3 nitrogen and oxygen atoms in total. The Hall–Kier alpha value is -0.940. The fourth-order valence-corrected chi connectivity index (χ4v) is 0.271. The summed E-state index contributed by atoms with van der Waals surface area (Å²) >= 11 is 0. The van der Waals surface area contributed by atoms with Crippen LogP contribution in [0.3, 0.4) is 0 Å². The molecule has 1 radical (unpaired) electrons. The lowest BCUT2D eigenvalue weighted by molar-refractivity contribution is -0.164. The number of hydrogen-bond acceptors (Lipinski definition) is 3. The van der Waals surface area contributed by atoms with Crippen molar-refractivity contribution in [3.05, 3.63) is 6.61 Å². The number of halogens is 3. The molecule has 0 rings (SSSR count). The molecule has 0 heterocycles. The number of alkyl halides is 3. The van der Waals surface area contributed by atoms with E-state index in [1.165, 1.54) is 6.92 Å². The van der Waals surface area contributed by atoms with Crippen LogP contribution in [0.25, 0.3) is 0 Å². The van der Waals surface area contributed by atoms with E-state index in [-0.39, 0.29) is 0 Å². The Kier molecular flexibility index (Phi) is 3.70. The van der Waals surface area contributed by atoms with Crippen LogP contribution in [0.1, 0.15) is 6.92 Å². The Morgan fingerprint density at radius 3 is 2.45 bits per heavy atom. The van der Waals surface area contributed by atoms with E-state index in [1.54, 1.807) is 0 Å². The van der Waals surface area contributed by atoms with E-state index in [4.69, 9.17) is 0 Å². The third kappa shape index (κ3) is 6.95. The van der Waals surface area contributed by atoms with Crippen LogP contribution >= 0.6 is 0 Å². The molecule has 0 aromatic rings. The van der Waals surface area contributed by atoms with Gasteiger partial charge in [-0.2, -0.15) is 13.2 Å². The van der Waals surface area contributed by atoms with Gasteiger partial charge in [-0.05, 0) is 6.92 Å². The van der Waals surface area contributed by atoms with E-state index >= 15 is 0 Å². The minimum atomic E-state index is -4.51. The standard InChI is InChI=1S/C5H6F3O3/c1-2-10-4(9)11-3-5(6,7)8/h2H,3H2,1H3. The lowest BCUT2D eigenvalue weighted by atomic mass is 10.7. The van der Waals surface area contributed by atoms with Crippen LogP contribution in [0.15, 0.2) is 0 Å². The predicted molar refractivity (Wildman–Crippen MR) is 28.5 cm³/mol. The summed E-state index contributed by atoms with van der Waals surface area (Å²) in [5.74, 6) is 0. The van der Waals surface area contributed by atoms with E-state index in [9.17, 15) is 18.0 Å². The van der Waals surface area contributed by atoms with Gasteiger partial charge in [0.1, 0.15) is 6.61 Å². The summed E-state index contributed by atoms with van der Waals surface area (Å²) < 4.78 is 41.5. The average Bonchev–Trinajstić information content (AvgIpc) is 1.83. The number of carbonyl (C=O) groups excluding carboxylic acids is 1. The fraction of sp³-hybridized carbons (Fsp3) is 0.600. The zero-order chi connectivity index (χ0) is 8.91. The second kappa shape index (κ2) is 4.05. The molecule has 0 aliphatic rings. The normalized spacial score (nSPS) is 10.9. The highest BCUT2D eigenvalue weighted by Crippen LogP contribution is 2.14. The molecule has 0 aromatic heterocycles. The molecule has 0 spiro atoms. The second-order valence-corrected chi connectivity index (χ2v) is 1.51. The van der Waals surface area contributed by atoms with Crippen LogP contribution in [0.2, 0.25) is 0 Å². The second-order valence-electron chi connectivity index (χ2n) is 1.51. The first kappa shape index (κ1) is 10.1. The lowest BCUT2D eigenvalue weighted by Crippen LogP contribution is -2.20. The number of hydrogen-bond donors (Lipinski definition) is 0. The van der Waals surface area contributed by atoms with Gasteiger partial charge in [0.05, 0.1) is 0 Å². The van der Waals surface area contributed by atoms with Crippen LogP contribution in [0, 0.1) is 6.61 Å². The monoisotopic (exact) mass is 171 g/mol. The van der Waals surface area contributed by atoms with Crippen LogP contribution in [-0.4, -0.2) is 18.9 Å². The van der Waals surface area contributed by atoms with Crippen LogP contribution in [0.4, 0.5) is 18.0 Å². The zero-order valence-electron chi connectivity index (χ0n) is 5.64. The van der Waals surface area contributed by atoms with Gasteiger partial charge in [-0.3, -0.25) is 0 Å². The van der Waals surface area contributed by atoms with Gasteiger partial charge in [-0.15, -0.1) is 0 Å². The first-order chi connectivity index (χ1) is 4.95.